The minimum atomic E-state index is -0.467. The van der Waals surface area contributed by atoms with Crippen LogP contribution < -0.4 is 10.5 Å². The van der Waals surface area contributed by atoms with Crippen molar-refractivity contribution in [1.82, 2.24) is 4.57 Å². The first kappa shape index (κ1) is 17.8. The Morgan fingerprint density at radius 1 is 1.15 bits per heavy atom. The average molecular weight is 365 g/mol. The largest absolute Gasteiger partial charge is 0.370 e. The van der Waals surface area contributed by atoms with Crippen molar-refractivity contribution < 1.29 is 4.39 Å². The van der Waals surface area contributed by atoms with Crippen molar-refractivity contribution in [2.24, 2.45) is 5.92 Å². The third-order valence-electron chi connectivity index (χ3n) is 6.11. The number of aromatic nitrogens is 1. The Labute approximate surface area is 158 Å². The van der Waals surface area contributed by atoms with Crippen LogP contribution in [-0.2, 0) is 12.0 Å². The zero-order valence-electron chi connectivity index (χ0n) is 15.4. The number of pyridine rings is 1. The molecule has 1 aromatic carbocycles. The van der Waals surface area contributed by atoms with Crippen LogP contribution >= 0.6 is 0 Å². The molecule has 0 bridgehead atoms. The molecule has 0 amide bonds. The number of nitriles is 1. The summed E-state index contributed by atoms with van der Waals surface area (Å²) in [4.78, 5) is 14.8. The van der Waals surface area contributed by atoms with E-state index in [0.717, 1.165) is 18.4 Å². The zero-order valence-corrected chi connectivity index (χ0v) is 15.4. The molecule has 2 heterocycles. The molecule has 5 heteroatoms. The minimum absolute atomic E-state index is 0.202. The summed E-state index contributed by atoms with van der Waals surface area (Å²) in [5, 5.41) is 9.58. The monoisotopic (exact) mass is 365 g/mol. The van der Waals surface area contributed by atoms with Gasteiger partial charge in [-0.3, -0.25) is 9.18 Å². The number of halogens is 1. The molecule has 1 aromatic heterocycles. The molecule has 1 aliphatic carbocycles. The highest BCUT2D eigenvalue weighted by atomic mass is 19.1. The summed E-state index contributed by atoms with van der Waals surface area (Å²) < 4.78 is 15.7. The van der Waals surface area contributed by atoms with Crippen molar-refractivity contribution in [3.63, 3.8) is 0 Å². The lowest BCUT2D eigenvalue weighted by molar-refractivity contribution is 0.250. The highest BCUT2D eigenvalue weighted by Crippen LogP contribution is 2.37. The van der Waals surface area contributed by atoms with Gasteiger partial charge in [0.1, 0.15) is 11.6 Å². The van der Waals surface area contributed by atoms with E-state index in [9.17, 15) is 14.4 Å². The number of alkyl halides is 1. The smallest absolute Gasteiger partial charge is 0.270 e. The Morgan fingerprint density at radius 3 is 2.44 bits per heavy atom. The molecule has 2 aliphatic rings. The highest BCUT2D eigenvalue weighted by molar-refractivity contribution is 5.58. The highest BCUT2D eigenvalue weighted by Gasteiger charge is 2.37. The summed E-state index contributed by atoms with van der Waals surface area (Å²) in [6.45, 7) is 1.59. The van der Waals surface area contributed by atoms with Gasteiger partial charge in [-0.05, 0) is 43.2 Å². The first-order valence-electron chi connectivity index (χ1n) is 9.67. The lowest BCUT2D eigenvalue weighted by Gasteiger charge is -2.41. The molecule has 0 spiro atoms. The summed E-state index contributed by atoms with van der Waals surface area (Å²) in [6, 6.07) is 13.8. The zero-order chi connectivity index (χ0) is 18.9. The Kier molecular flexibility index (Phi) is 4.73. The Bertz CT molecular complexity index is 903. The van der Waals surface area contributed by atoms with E-state index in [1.54, 1.807) is 4.57 Å². The maximum absolute atomic E-state index is 14.0. The fourth-order valence-electron chi connectivity index (χ4n) is 4.12. The van der Waals surface area contributed by atoms with Gasteiger partial charge >= 0.3 is 0 Å². The molecular formula is C22H24FN3O. The third kappa shape index (κ3) is 3.37. The van der Waals surface area contributed by atoms with Crippen molar-refractivity contribution in [2.75, 3.05) is 24.7 Å². The summed E-state index contributed by atoms with van der Waals surface area (Å²) >= 11 is 0. The first-order chi connectivity index (χ1) is 13.2. The number of nitrogens with zero attached hydrogens (tertiary/aromatic N) is 3. The van der Waals surface area contributed by atoms with Gasteiger partial charge < -0.3 is 9.47 Å². The van der Waals surface area contributed by atoms with Gasteiger partial charge in [-0.25, -0.2) is 0 Å². The maximum atomic E-state index is 14.0. The van der Waals surface area contributed by atoms with Crippen LogP contribution in [0.15, 0.2) is 47.4 Å². The molecule has 27 heavy (non-hydrogen) atoms. The van der Waals surface area contributed by atoms with E-state index < -0.39 is 5.41 Å². The van der Waals surface area contributed by atoms with Crippen LogP contribution in [0, 0.1) is 17.2 Å². The number of rotatable bonds is 5. The van der Waals surface area contributed by atoms with Crippen LogP contribution in [0.25, 0.3) is 0 Å². The number of hydrogen-bond donors (Lipinski definition) is 0. The summed E-state index contributed by atoms with van der Waals surface area (Å²) in [5.41, 5.74) is 1.27. The lowest BCUT2D eigenvalue weighted by atomic mass is 9.74. The van der Waals surface area contributed by atoms with E-state index >= 15 is 0 Å². The standard InChI is InChI=1S/C22H24FN3O/c23-16-22(18-4-2-1-3-5-18)9-12-25(13-10-22)20-8-11-26(15-17-6-7-17)21(27)19(20)14-24/h1-5,8,11,17H,6-7,9-10,12-13,15-16H2. The van der Waals surface area contributed by atoms with Crippen LogP contribution in [0.1, 0.15) is 36.8 Å². The molecule has 4 nitrogen and oxygen atoms in total. The quantitative estimate of drug-likeness (QED) is 0.813. The molecule has 4 rings (SSSR count). The lowest BCUT2D eigenvalue weighted by Crippen LogP contribution is -2.44. The maximum Gasteiger partial charge on any atom is 0.270 e. The molecule has 1 saturated carbocycles. The molecule has 1 saturated heterocycles. The number of piperidine rings is 1. The van der Waals surface area contributed by atoms with Gasteiger partial charge in [-0.2, -0.15) is 5.26 Å². The number of anilines is 1. The second-order valence-corrected chi connectivity index (χ2v) is 7.86. The van der Waals surface area contributed by atoms with E-state index in [0.29, 0.717) is 44.1 Å². The molecule has 140 valence electrons. The Hall–Kier alpha value is -2.61. The van der Waals surface area contributed by atoms with Crippen LogP contribution in [-0.4, -0.2) is 24.3 Å². The third-order valence-corrected chi connectivity index (χ3v) is 6.11. The fraction of sp³-hybridized carbons (Fsp3) is 0.455. The fourth-order valence-corrected chi connectivity index (χ4v) is 4.12. The van der Waals surface area contributed by atoms with Gasteiger partial charge in [0.25, 0.3) is 5.56 Å². The SMILES string of the molecule is N#Cc1c(N2CCC(CF)(c3ccccc3)CC2)ccn(CC2CC2)c1=O. The molecular weight excluding hydrogens is 341 g/mol. The predicted molar refractivity (Wildman–Crippen MR) is 104 cm³/mol. The molecule has 0 unspecified atom stereocenters. The minimum Gasteiger partial charge on any atom is -0.370 e. The number of benzene rings is 1. The van der Waals surface area contributed by atoms with Gasteiger partial charge in [-0.15, -0.1) is 0 Å². The molecule has 0 atom stereocenters. The topological polar surface area (TPSA) is 49.0 Å². The molecule has 1 aliphatic heterocycles. The average Bonchev–Trinajstić information content (AvgIpc) is 3.54. The van der Waals surface area contributed by atoms with Gasteiger partial charge in [-0.1, -0.05) is 30.3 Å². The van der Waals surface area contributed by atoms with E-state index in [2.05, 4.69) is 11.0 Å². The van der Waals surface area contributed by atoms with Crippen molar-refractivity contribution in [3.05, 3.63) is 64.1 Å². The molecule has 0 radical (unpaired) electrons. The van der Waals surface area contributed by atoms with Crippen LogP contribution in [0.5, 0.6) is 0 Å². The predicted octanol–water partition coefficient (Wildman–Crippen LogP) is 3.64. The second kappa shape index (κ2) is 7.19. The Morgan fingerprint density at radius 2 is 1.85 bits per heavy atom. The molecule has 0 N–H and O–H groups in total. The van der Waals surface area contributed by atoms with E-state index in [-0.39, 0.29) is 17.8 Å². The van der Waals surface area contributed by atoms with Gasteiger partial charge in [0.05, 0.1) is 12.4 Å². The van der Waals surface area contributed by atoms with E-state index in [1.807, 2.05) is 42.6 Å². The van der Waals surface area contributed by atoms with Gasteiger partial charge in [0.2, 0.25) is 0 Å². The van der Waals surface area contributed by atoms with Crippen molar-refractivity contribution >= 4 is 5.69 Å². The van der Waals surface area contributed by atoms with Crippen LogP contribution in [0.3, 0.4) is 0 Å². The molecule has 2 aromatic rings. The second-order valence-electron chi connectivity index (χ2n) is 7.86. The van der Waals surface area contributed by atoms with Gasteiger partial charge in [0, 0.05) is 31.2 Å². The van der Waals surface area contributed by atoms with Crippen molar-refractivity contribution in [3.8, 4) is 6.07 Å². The van der Waals surface area contributed by atoms with Crippen molar-refractivity contribution in [1.29, 1.82) is 5.26 Å². The summed E-state index contributed by atoms with van der Waals surface area (Å²) in [7, 11) is 0. The normalized spacial score (nSPS) is 18.9. The molecule has 2 fully saturated rings. The first-order valence-corrected chi connectivity index (χ1v) is 9.67. The summed E-state index contributed by atoms with van der Waals surface area (Å²) in [6.07, 6.45) is 5.47. The van der Waals surface area contributed by atoms with E-state index in [4.69, 9.17) is 0 Å². The van der Waals surface area contributed by atoms with Gasteiger partial charge in [0.15, 0.2) is 0 Å². The van der Waals surface area contributed by atoms with E-state index in [1.165, 1.54) is 0 Å². The number of hydrogen-bond acceptors (Lipinski definition) is 3. The van der Waals surface area contributed by atoms with Crippen LogP contribution in [0.2, 0.25) is 0 Å². The van der Waals surface area contributed by atoms with Crippen LogP contribution in [0.4, 0.5) is 10.1 Å². The Balaban J connectivity index is 1.57. The van der Waals surface area contributed by atoms with Crippen molar-refractivity contribution in [2.45, 2.75) is 37.6 Å². The summed E-state index contributed by atoms with van der Waals surface area (Å²) in [5.74, 6) is 0.575.